The molecule has 0 bridgehead atoms. The Bertz CT molecular complexity index is 383. The fraction of sp³-hybridized carbons (Fsp3) is 0.286. The van der Waals surface area contributed by atoms with Gasteiger partial charge in [-0.15, -0.1) is 0 Å². The lowest BCUT2D eigenvalue weighted by molar-refractivity contribution is 1.07. The van der Waals surface area contributed by atoms with Gasteiger partial charge < -0.3 is 9.80 Å². The van der Waals surface area contributed by atoms with Crippen LogP contribution in [0.15, 0.2) is 48.8 Å². The summed E-state index contributed by atoms with van der Waals surface area (Å²) in [6.07, 6.45) is 3.57. The zero-order valence-corrected chi connectivity index (χ0v) is 11.4. The number of anilines is 2. The first-order valence-electron chi connectivity index (χ1n) is 5.78. The zero-order valence-electron chi connectivity index (χ0n) is 11.4. The van der Waals surface area contributed by atoms with Crippen LogP contribution >= 0.6 is 0 Å². The molecular weight excluding hydrogens is 224 g/mol. The van der Waals surface area contributed by atoms with E-state index < -0.39 is 0 Å². The van der Waals surface area contributed by atoms with Crippen LogP contribution in [-0.4, -0.2) is 38.2 Å². The van der Waals surface area contributed by atoms with Crippen molar-refractivity contribution in [2.45, 2.75) is 0 Å². The van der Waals surface area contributed by atoms with E-state index in [1.807, 2.05) is 74.4 Å². The molecule has 0 aromatic carbocycles. The molecule has 0 spiro atoms. The fourth-order valence-electron chi connectivity index (χ4n) is 1.24. The van der Waals surface area contributed by atoms with E-state index in [1.165, 1.54) is 0 Å². The van der Waals surface area contributed by atoms with Gasteiger partial charge in [-0.1, -0.05) is 12.1 Å². The zero-order chi connectivity index (χ0) is 13.4. The second-order valence-corrected chi connectivity index (χ2v) is 4.16. The van der Waals surface area contributed by atoms with Gasteiger partial charge in [0.1, 0.15) is 11.6 Å². The van der Waals surface area contributed by atoms with Gasteiger partial charge in [0.2, 0.25) is 0 Å². The van der Waals surface area contributed by atoms with Gasteiger partial charge in [0.25, 0.3) is 0 Å². The van der Waals surface area contributed by atoms with Crippen LogP contribution in [0.3, 0.4) is 0 Å². The molecule has 0 aliphatic heterocycles. The normalized spacial score (nSPS) is 9.11. The molecule has 2 aromatic rings. The largest absolute Gasteiger partial charge is 0.363 e. The predicted molar refractivity (Wildman–Crippen MR) is 77.1 cm³/mol. The molecule has 18 heavy (non-hydrogen) atoms. The molecule has 0 atom stereocenters. The summed E-state index contributed by atoms with van der Waals surface area (Å²) in [4.78, 5) is 12.2. The van der Waals surface area contributed by atoms with Crippen molar-refractivity contribution in [3.8, 4) is 0 Å². The number of pyridine rings is 2. The third-order valence-electron chi connectivity index (χ3n) is 2.21. The lowest BCUT2D eigenvalue weighted by atomic mass is 10.4. The highest BCUT2D eigenvalue weighted by Crippen LogP contribution is 2.02. The molecule has 0 aliphatic rings. The topological polar surface area (TPSA) is 32.3 Å². The molecule has 0 amide bonds. The van der Waals surface area contributed by atoms with Gasteiger partial charge in [-0.05, 0) is 24.3 Å². The Morgan fingerprint density at radius 2 is 1.06 bits per heavy atom. The summed E-state index contributed by atoms with van der Waals surface area (Å²) in [5, 5.41) is 0. The Morgan fingerprint density at radius 3 is 1.22 bits per heavy atom. The Hall–Kier alpha value is -2.10. The molecule has 0 N–H and O–H groups in total. The number of hydrogen-bond acceptors (Lipinski definition) is 4. The van der Waals surface area contributed by atoms with Crippen molar-refractivity contribution in [3.05, 3.63) is 48.8 Å². The number of aromatic nitrogens is 2. The van der Waals surface area contributed by atoms with Gasteiger partial charge in [-0.25, -0.2) is 9.97 Å². The highest BCUT2D eigenvalue weighted by Gasteiger charge is 1.90. The third-order valence-corrected chi connectivity index (χ3v) is 2.21. The van der Waals surface area contributed by atoms with E-state index in [-0.39, 0.29) is 0 Å². The molecule has 2 aromatic heterocycles. The van der Waals surface area contributed by atoms with Crippen molar-refractivity contribution in [2.75, 3.05) is 38.0 Å². The van der Waals surface area contributed by atoms with Crippen LogP contribution in [-0.2, 0) is 0 Å². The van der Waals surface area contributed by atoms with Gasteiger partial charge >= 0.3 is 0 Å². The van der Waals surface area contributed by atoms with E-state index >= 15 is 0 Å². The number of rotatable bonds is 2. The number of hydrogen-bond donors (Lipinski definition) is 0. The van der Waals surface area contributed by atoms with Crippen molar-refractivity contribution in [1.82, 2.24) is 9.97 Å². The first kappa shape index (κ1) is 14.0. The average molecular weight is 244 g/mol. The van der Waals surface area contributed by atoms with Crippen LogP contribution in [0.5, 0.6) is 0 Å². The van der Waals surface area contributed by atoms with E-state index in [4.69, 9.17) is 0 Å². The minimum absolute atomic E-state index is 0.998. The molecule has 0 aliphatic carbocycles. The molecule has 0 radical (unpaired) electrons. The summed E-state index contributed by atoms with van der Waals surface area (Å²) in [7, 11) is 7.90. The van der Waals surface area contributed by atoms with Gasteiger partial charge in [-0.3, -0.25) is 0 Å². The summed E-state index contributed by atoms with van der Waals surface area (Å²) in [6.45, 7) is 0. The maximum absolute atomic E-state index is 4.10. The lowest BCUT2D eigenvalue weighted by Crippen LogP contribution is -2.09. The maximum atomic E-state index is 4.10. The first-order chi connectivity index (χ1) is 8.61. The van der Waals surface area contributed by atoms with Crippen LogP contribution < -0.4 is 9.80 Å². The van der Waals surface area contributed by atoms with E-state index in [0.717, 1.165) is 11.6 Å². The van der Waals surface area contributed by atoms with Crippen molar-refractivity contribution >= 4 is 11.6 Å². The molecule has 0 unspecified atom stereocenters. The lowest BCUT2D eigenvalue weighted by Gasteiger charge is -2.08. The number of nitrogens with zero attached hydrogens (tertiary/aromatic N) is 4. The van der Waals surface area contributed by atoms with Gasteiger partial charge in [0, 0.05) is 40.6 Å². The summed E-state index contributed by atoms with van der Waals surface area (Å²) < 4.78 is 0. The second kappa shape index (κ2) is 7.27. The standard InChI is InChI=1S/2C7H10N2/c2*1-9(2)7-5-3-4-6-8-7/h2*3-6H,1-2H3. The first-order valence-corrected chi connectivity index (χ1v) is 5.78. The van der Waals surface area contributed by atoms with Crippen LogP contribution in [0.1, 0.15) is 0 Å². The van der Waals surface area contributed by atoms with Crippen LogP contribution in [0.2, 0.25) is 0 Å². The Kier molecular flexibility index (Phi) is 5.64. The summed E-state index contributed by atoms with van der Waals surface area (Å²) in [6, 6.07) is 11.7. The van der Waals surface area contributed by atoms with Crippen LogP contribution in [0.25, 0.3) is 0 Å². The highest BCUT2D eigenvalue weighted by molar-refractivity contribution is 5.35. The predicted octanol–water partition coefficient (Wildman–Crippen LogP) is 2.30. The van der Waals surface area contributed by atoms with Crippen molar-refractivity contribution < 1.29 is 0 Å². The monoisotopic (exact) mass is 244 g/mol. The van der Waals surface area contributed by atoms with E-state index in [2.05, 4.69) is 9.97 Å². The molecule has 4 nitrogen and oxygen atoms in total. The Morgan fingerprint density at radius 1 is 0.667 bits per heavy atom. The van der Waals surface area contributed by atoms with Crippen LogP contribution in [0.4, 0.5) is 11.6 Å². The average Bonchev–Trinajstić information content (AvgIpc) is 2.41. The van der Waals surface area contributed by atoms with Crippen LogP contribution in [0, 0.1) is 0 Å². The van der Waals surface area contributed by atoms with Gasteiger partial charge in [-0.2, -0.15) is 0 Å². The van der Waals surface area contributed by atoms with Gasteiger partial charge in [0.05, 0.1) is 0 Å². The molecular formula is C14H20N4. The summed E-state index contributed by atoms with van der Waals surface area (Å²) in [5.74, 6) is 2.00. The van der Waals surface area contributed by atoms with E-state index in [9.17, 15) is 0 Å². The maximum Gasteiger partial charge on any atom is 0.127 e. The Balaban J connectivity index is 0.000000180. The SMILES string of the molecule is CN(C)c1ccccn1.CN(C)c1ccccn1. The van der Waals surface area contributed by atoms with Crippen molar-refractivity contribution in [1.29, 1.82) is 0 Å². The highest BCUT2D eigenvalue weighted by atomic mass is 15.1. The minimum Gasteiger partial charge on any atom is -0.363 e. The summed E-state index contributed by atoms with van der Waals surface area (Å²) in [5.41, 5.74) is 0. The van der Waals surface area contributed by atoms with Gasteiger partial charge in [0.15, 0.2) is 0 Å². The molecule has 0 saturated heterocycles. The quantitative estimate of drug-likeness (QED) is 0.811. The molecule has 4 heteroatoms. The third kappa shape index (κ3) is 4.82. The van der Waals surface area contributed by atoms with Crippen molar-refractivity contribution in [2.24, 2.45) is 0 Å². The van der Waals surface area contributed by atoms with Crippen molar-refractivity contribution in [3.63, 3.8) is 0 Å². The fourth-order valence-corrected chi connectivity index (χ4v) is 1.24. The minimum atomic E-state index is 0.998. The molecule has 2 heterocycles. The molecule has 96 valence electrons. The molecule has 0 fully saturated rings. The molecule has 0 saturated carbocycles. The Labute approximate surface area is 109 Å². The van der Waals surface area contributed by atoms with E-state index in [1.54, 1.807) is 12.4 Å². The molecule has 2 rings (SSSR count). The second-order valence-electron chi connectivity index (χ2n) is 4.16. The smallest absolute Gasteiger partial charge is 0.127 e. The summed E-state index contributed by atoms with van der Waals surface area (Å²) >= 11 is 0. The van der Waals surface area contributed by atoms with E-state index in [0.29, 0.717) is 0 Å².